The molecule has 31 heavy (non-hydrogen) atoms. The van der Waals surface area contributed by atoms with E-state index in [0.29, 0.717) is 0 Å². The van der Waals surface area contributed by atoms with Gasteiger partial charge in [-0.25, -0.2) is 0 Å². The Balaban J connectivity index is 1.69. The quantitative estimate of drug-likeness (QED) is 0.214. The minimum Gasteiger partial charge on any atom is -0.310 e. The molecule has 6 rings (SSSR count). The largest absolute Gasteiger partial charge is 0.310 e. The Bertz CT molecular complexity index is 1480. The van der Waals surface area contributed by atoms with Crippen LogP contribution in [0.5, 0.6) is 0 Å². The van der Waals surface area contributed by atoms with Crippen LogP contribution in [-0.4, -0.2) is 0 Å². The number of benzene rings is 6. The summed E-state index contributed by atoms with van der Waals surface area (Å²) < 4.78 is 0. The second-order valence-electron chi connectivity index (χ2n) is 7.86. The second-order valence-corrected chi connectivity index (χ2v) is 7.86. The number of rotatable bonds is 3. The first-order valence-corrected chi connectivity index (χ1v) is 10.6. The molecule has 6 aromatic rings. The molecular formula is C30H21N. The van der Waals surface area contributed by atoms with Gasteiger partial charge in [0.25, 0.3) is 0 Å². The zero-order chi connectivity index (χ0) is 20.6. The fourth-order valence-corrected chi connectivity index (χ4v) is 4.54. The summed E-state index contributed by atoms with van der Waals surface area (Å²) in [5, 5.41) is 7.63. The predicted octanol–water partition coefficient (Wildman–Crippen LogP) is 8.62. The summed E-state index contributed by atoms with van der Waals surface area (Å²) in [6.45, 7) is 0. The Morgan fingerprint density at radius 3 is 1.68 bits per heavy atom. The van der Waals surface area contributed by atoms with Crippen LogP contribution in [0.3, 0.4) is 0 Å². The summed E-state index contributed by atoms with van der Waals surface area (Å²) in [7, 11) is 0. The topological polar surface area (TPSA) is 3.24 Å². The van der Waals surface area contributed by atoms with Crippen LogP contribution >= 0.6 is 0 Å². The van der Waals surface area contributed by atoms with E-state index in [1.807, 2.05) is 0 Å². The maximum atomic E-state index is 2.36. The van der Waals surface area contributed by atoms with Crippen LogP contribution in [0, 0.1) is 0 Å². The van der Waals surface area contributed by atoms with Crippen LogP contribution in [0.1, 0.15) is 0 Å². The first-order valence-electron chi connectivity index (χ1n) is 10.6. The normalized spacial score (nSPS) is 11.2. The van der Waals surface area contributed by atoms with Crippen LogP contribution < -0.4 is 4.90 Å². The first-order chi connectivity index (χ1) is 15.4. The van der Waals surface area contributed by atoms with Gasteiger partial charge in [0.15, 0.2) is 0 Å². The van der Waals surface area contributed by atoms with E-state index in [4.69, 9.17) is 0 Å². The molecule has 6 aromatic carbocycles. The molecule has 1 nitrogen and oxygen atoms in total. The van der Waals surface area contributed by atoms with Gasteiger partial charge in [0.1, 0.15) is 0 Å². The molecule has 0 aliphatic heterocycles. The molecule has 0 aliphatic carbocycles. The Morgan fingerprint density at radius 1 is 0.355 bits per heavy atom. The Kier molecular flexibility index (Phi) is 4.18. The summed E-state index contributed by atoms with van der Waals surface area (Å²) in [5.74, 6) is 0. The average Bonchev–Trinajstić information content (AvgIpc) is 2.84. The maximum absolute atomic E-state index is 2.36. The molecule has 0 fully saturated rings. The summed E-state index contributed by atoms with van der Waals surface area (Å²) in [6, 6.07) is 45.5. The van der Waals surface area contributed by atoms with Gasteiger partial charge in [-0.3, -0.25) is 0 Å². The summed E-state index contributed by atoms with van der Waals surface area (Å²) >= 11 is 0. The van der Waals surface area contributed by atoms with Crippen molar-refractivity contribution in [1.82, 2.24) is 0 Å². The third-order valence-corrected chi connectivity index (χ3v) is 5.99. The lowest BCUT2D eigenvalue weighted by Gasteiger charge is -2.27. The SMILES string of the molecule is c1ccc(N(c2ccccc2)c2cccc3cc4ccc5ccccc5c4cc23)cc1. The summed E-state index contributed by atoms with van der Waals surface area (Å²) in [4.78, 5) is 2.35. The Hall–Kier alpha value is -4.10. The zero-order valence-electron chi connectivity index (χ0n) is 17.1. The monoisotopic (exact) mass is 395 g/mol. The third kappa shape index (κ3) is 3.03. The number of hydrogen-bond donors (Lipinski definition) is 0. The Morgan fingerprint density at radius 2 is 0.935 bits per heavy atom. The van der Waals surface area contributed by atoms with E-state index in [9.17, 15) is 0 Å². The lowest BCUT2D eigenvalue weighted by molar-refractivity contribution is 1.30. The molecule has 0 unspecified atom stereocenters. The molecule has 0 aromatic heterocycles. The van der Waals surface area contributed by atoms with Gasteiger partial charge in [0.2, 0.25) is 0 Å². The van der Waals surface area contributed by atoms with Crippen molar-refractivity contribution >= 4 is 49.4 Å². The van der Waals surface area contributed by atoms with Crippen LogP contribution in [0.2, 0.25) is 0 Å². The highest BCUT2D eigenvalue weighted by Crippen LogP contribution is 2.40. The van der Waals surface area contributed by atoms with Gasteiger partial charge in [0.05, 0.1) is 5.69 Å². The molecule has 0 N–H and O–H groups in total. The molecule has 0 heterocycles. The van der Waals surface area contributed by atoms with Crippen molar-refractivity contribution in [3.63, 3.8) is 0 Å². The van der Waals surface area contributed by atoms with E-state index in [1.165, 1.54) is 38.0 Å². The number of anilines is 3. The van der Waals surface area contributed by atoms with Gasteiger partial charge in [-0.2, -0.15) is 0 Å². The Labute approximate surface area is 181 Å². The van der Waals surface area contributed by atoms with Crippen molar-refractivity contribution in [2.45, 2.75) is 0 Å². The van der Waals surface area contributed by atoms with Crippen LogP contribution in [-0.2, 0) is 0 Å². The van der Waals surface area contributed by atoms with Gasteiger partial charge in [0, 0.05) is 16.8 Å². The molecule has 0 bridgehead atoms. The molecular weight excluding hydrogens is 374 g/mol. The van der Waals surface area contributed by atoms with E-state index in [1.54, 1.807) is 0 Å². The molecule has 0 saturated heterocycles. The van der Waals surface area contributed by atoms with Gasteiger partial charge in [-0.15, -0.1) is 0 Å². The molecule has 0 spiro atoms. The van der Waals surface area contributed by atoms with Crippen molar-refractivity contribution in [2.75, 3.05) is 4.90 Å². The smallest absolute Gasteiger partial charge is 0.0540 e. The molecule has 0 saturated carbocycles. The molecule has 0 aliphatic rings. The van der Waals surface area contributed by atoms with E-state index in [-0.39, 0.29) is 0 Å². The van der Waals surface area contributed by atoms with Crippen molar-refractivity contribution in [2.24, 2.45) is 0 Å². The van der Waals surface area contributed by atoms with Crippen molar-refractivity contribution in [1.29, 1.82) is 0 Å². The molecule has 1 heteroatoms. The van der Waals surface area contributed by atoms with Crippen molar-refractivity contribution in [3.05, 3.63) is 127 Å². The van der Waals surface area contributed by atoms with Gasteiger partial charge >= 0.3 is 0 Å². The minimum absolute atomic E-state index is 1.15. The third-order valence-electron chi connectivity index (χ3n) is 5.99. The molecule has 0 radical (unpaired) electrons. The molecule has 0 atom stereocenters. The van der Waals surface area contributed by atoms with Gasteiger partial charge < -0.3 is 4.90 Å². The van der Waals surface area contributed by atoms with E-state index < -0.39 is 0 Å². The lowest BCUT2D eigenvalue weighted by Crippen LogP contribution is -2.10. The summed E-state index contributed by atoms with van der Waals surface area (Å²) in [6.07, 6.45) is 0. The van der Waals surface area contributed by atoms with E-state index >= 15 is 0 Å². The number of nitrogens with zero attached hydrogens (tertiary/aromatic N) is 1. The second kappa shape index (κ2) is 7.30. The fraction of sp³-hybridized carbons (Fsp3) is 0. The van der Waals surface area contributed by atoms with Crippen LogP contribution in [0.4, 0.5) is 17.1 Å². The highest BCUT2D eigenvalue weighted by Gasteiger charge is 2.15. The first kappa shape index (κ1) is 17.7. The van der Waals surface area contributed by atoms with Gasteiger partial charge in [-0.05, 0) is 69.4 Å². The maximum Gasteiger partial charge on any atom is 0.0540 e. The van der Waals surface area contributed by atoms with Crippen molar-refractivity contribution in [3.8, 4) is 0 Å². The average molecular weight is 396 g/mol. The minimum atomic E-state index is 1.15. The van der Waals surface area contributed by atoms with Gasteiger partial charge in [-0.1, -0.05) is 84.9 Å². The van der Waals surface area contributed by atoms with E-state index in [0.717, 1.165) is 11.4 Å². The van der Waals surface area contributed by atoms with Crippen LogP contribution in [0.15, 0.2) is 127 Å². The van der Waals surface area contributed by atoms with Crippen molar-refractivity contribution < 1.29 is 0 Å². The number of para-hydroxylation sites is 2. The standard InChI is InChI=1S/C30H21N/c1-3-12-25(13-4-1)31(26-14-5-2-6-15-26)30-17-9-11-23-20-24-19-18-22-10-7-8-16-27(22)28(24)21-29(23)30/h1-21H. The van der Waals surface area contributed by atoms with E-state index in [2.05, 4.69) is 132 Å². The van der Waals surface area contributed by atoms with Crippen LogP contribution in [0.25, 0.3) is 32.3 Å². The highest BCUT2D eigenvalue weighted by atomic mass is 15.1. The number of fused-ring (bicyclic) bond motifs is 4. The predicted molar refractivity (Wildman–Crippen MR) is 134 cm³/mol. The lowest BCUT2D eigenvalue weighted by atomic mass is 9.97. The number of hydrogen-bond acceptors (Lipinski definition) is 1. The summed E-state index contributed by atoms with van der Waals surface area (Å²) in [5.41, 5.74) is 3.49. The molecule has 146 valence electrons. The zero-order valence-corrected chi connectivity index (χ0v) is 17.1. The fourth-order valence-electron chi connectivity index (χ4n) is 4.54. The molecule has 0 amide bonds. The highest BCUT2D eigenvalue weighted by molar-refractivity contribution is 6.14.